The third-order valence-corrected chi connectivity index (χ3v) is 4.49. The molecule has 92 valence electrons. The summed E-state index contributed by atoms with van der Waals surface area (Å²) in [5.74, 6) is 0.510. The Balaban J connectivity index is 2.08. The van der Waals surface area contributed by atoms with Gasteiger partial charge in [0.2, 0.25) is 0 Å². The molecule has 1 aromatic carbocycles. The molecule has 0 N–H and O–H groups in total. The predicted octanol–water partition coefficient (Wildman–Crippen LogP) is 0.970. The van der Waals surface area contributed by atoms with Crippen LogP contribution in [0.15, 0.2) is 29.3 Å². The van der Waals surface area contributed by atoms with Gasteiger partial charge in [0, 0.05) is 32.0 Å². The number of hydrogen-bond acceptors (Lipinski definition) is 4. The van der Waals surface area contributed by atoms with Crippen LogP contribution in [0, 0.1) is 0 Å². The standard InChI is InChI=1S/C12H16N2O2S/c1-13-10-11-2-4-12(5-3-11)14-6-8-17(15,16)9-7-14/h2-5,10H,6-9H2,1H3. The maximum absolute atomic E-state index is 11.3. The summed E-state index contributed by atoms with van der Waals surface area (Å²) in [4.78, 5) is 6.05. The molecule has 5 heteroatoms. The van der Waals surface area contributed by atoms with Crippen molar-refractivity contribution in [1.82, 2.24) is 0 Å². The second-order valence-electron chi connectivity index (χ2n) is 4.12. The lowest BCUT2D eigenvalue weighted by Gasteiger charge is -2.28. The van der Waals surface area contributed by atoms with Crippen molar-refractivity contribution in [2.24, 2.45) is 4.99 Å². The number of anilines is 1. The van der Waals surface area contributed by atoms with E-state index < -0.39 is 9.84 Å². The lowest BCUT2D eigenvalue weighted by atomic mass is 10.2. The van der Waals surface area contributed by atoms with E-state index in [1.54, 1.807) is 13.3 Å². The summed E-state index contributed by atoms with van der Waals surface area (Å²) in [5, 5.41) is 0. The molecule has 0 amide bonds. The number of hydrogen-bond donors (Lipinski definition) is 0. The SMILES string of the molecule is CN=Cc1ccc(N2CCS(=O)(=O)CC2)cc1. The second-order valence-corrected chi connectivity index (χ2v) is 6.42. The Labute approximate surface area is 102 Å². The molecule has 1 aromatic rings. The summed E-state index contributed by atoms with van der Waals surface area (Å²) in [7, 11) is -1.06. The molecule has 0 aromatic heterocycles. The van der Waals surface area contributed by atoms with E-state index in [1.807, 2.05) is 24.3 Å². The van der Waals surface area contributed by atoms with Gasteiger partial charge < -0.3 is 4.90 Å². The van der Waals surface area contributed by atoms with Gasteiger partial charge in [0.15, 0.2) is 9.84 Å². The summed E-state index contributed by atoms with van der Waals surface area (Å²) in [6, 6.07) is 8.00. The van der Waals surface area contributed by atoms with Crippen molar-refractivity contribution in [2.75, 3.05) is 36.5 Å². The third-order valence-electron chi connectivity index (χ3n) is 2.88. The molecule has 1 aliphatic heterocycles. The third kappa shape index (κ3) is 3.06. The van der Waals surface area contributed by atoms with Crippen LogP contribution in [0.3, 0.4) is 0 Å². The summed E-state index contributed by atoms with van der Waals surface area (Å²) in [5.41, 5.74) is 2.13. The molecule has 0 aliphatic carbocycles. The highest BCUT2D eigenvalue weighted by Crippen LogP contribution is 2.17. The fraction of sp³-hybridized carbons (Fsp3) is 0.417. The van der Waals surface area contributed by atoms with Crippen molar-refractivity contribution < 1.29 is 8.42 Å². The molecule has 0 radical (unpaired) electrons. The first-order valence-electron chi connectivity index (χ1n) is 5.58. The fourth-order valence-corrected chi connectivity index (χ4v) is 3.09. The Kier molecular flexibility index (Phi) is 3.47. The van der Waals surface area contributed by atoms with Crippen LogP contribution in [0.5, 0.6) is 0 Å². The van der Waals surface area contributed by atoms with E-state index in [0.717, 1.165) is 11.3 Å². The molecule has 4 nitrogen and oxygen atoms in total. The van der Waals surface area contributed by atoms with Gasteiger partial charge >= 0.3 is 0 Å². The molecule has 1 aliphatic rings. The number of nitrogens with zero attached hydrogens (tertiary/aromatic N) is 2. The van der Waals surface area contributed by atoms with Crippen LogP contribution in [-0.2, 0) is 9.84 Å². The summed E-state index contributed by atoms with van der Waals surface area (Å²) in [6.07, 6.45) is 1.80. The monoisotopic (exact) mass is 252 g/mol. The molecule has 1 fully saturated rings. The van der Waals surface area contributed by atoms with Crippen LogP contribution in [0.2, 0.25) is 0 Å². The molecule has 0 saturated carbocycles. The average molecular weight is 252 g/mol. The molecule has 0 unspecified atom stereocenters. The first-order valence-corrected chi connectivity index (χ1v) is 7.40. The van der Waals surface area contributed by atoms with Crippen molar-refractivity contribution in [2.45, 2.75) is 0 Å². The first-order chi connectivity index (χ1) is 8.11. The lowest BCUT2D eigenvalue weighted by Crippen LogP contribution is -2.40. The predicted molar refractivity (Wildman–Crippen MR) is 70.8 cm³/mol. The average Bonchev–Trinajstić information content (AvgIpc) is 2.31. The molecule has 0 bridgehead atoms. The van der Waals surface area contributed by atoms with E-state index >= 15 is 0 Å². The zero-order valence-electron chi connectivity index (χ0n) is 9.83. The fourth-order valence-electron chi connectivity index (χ4n) is 1.89. The highest BCUT2D eigenvalue weighted by Gasteiger charge is 2.21. The van der Waals surface area contributed by atoms with Crippen LogP contribution in [0.1, 0.15) is 5.56 Å². The van der Waals surface area contributed by atoms with Crippen molar-refractivity contribution in [1.29, 1.82) is 0 Å². The van der Waals surface area contributed by atoms with Gasteiger partial charge in [0.1, 0.15) is 0 Å². The van der Waals surface area contributed by atoms with Gasteiger partial charge in [-0.2, -0.15) is 0 Å². The minimum atomic E-state index is -2.80. The van der Waals surface area contributed by atoms with Gasteiger partial charge in [0.05, 0.1) is 11.5 Å². The van der Waals surface area contributed by atoms with Gasteiger partial charge in [-0.05, 0) is 17.7 Å². The number of aliphatic imine (C=N–C) groups is 1. The van der Waals surface area contributed by atoms with E-state index in [-0.39, 0.29) is 11.5 Å². The zero-order chi connectivity index (χ0) is 12.3. The zero-order valence-corrected chi connectivity index (χ0v) is 10.7. The van der Waals surface area contributed by atoms with Crippen molar-refractivity contribution in [3.8, 4) is 0 Å². The van der Waals surface area contributed by atoms with Crippen molar-refractivity contribution >= 4 is 21.7 Å². The Morgan fingerprint density at radius 2 is 1.76 bits per heavy atom. The smallest absolute Gasteiger partial charge is 0.153 e. The Morgan fingerprint density at radius 1 is 1.18 bits per heavy atom. The topological polar surface area (TPSA) is 49.7 Å². The number of rotatable bonds is 2. The molecule has 1 saturated heterocycles. The lowest BCUT2D eigenvalue weighted by molar-refractivity contribution is 0.587. The van der Waals surface area contributed by atoms with Gasteiger partial charge in [-0.25, -0.2) is 8.42 Å². The largest absolute Gasteiger partial charge is 0.369 e. The minimum Gasteiger partial charge on any atom is -0.369 e. The van der Waals surface area contributed by atoms with E-state index in [1.165, 1.54) is 0 Å². The number of benzene rings is 1. The molecule has 2 rings (SSSR count). The van der Waals surface area contributed by atoms with Crippen LogP contribution >= 0.6 is 0 Å². The normalized spacial score (nSPS) is 19.7. The number of sulfone groups is 1. The molecular formula is C12H16N2O2S. The Morgan fingerprint density at radius 3 is 2.29 bits per heavy atom. The highest BCUT2D eigenvalue weighted by molar-refractivity contribution is 7.91. The summed E-state index contributed by atoms with van der Waals surface area (Å²) < 4.78 is 22.6. The quantitative estimate of drug-likeness (QED) is 0.737. The van der Waals surface area contributed by atoms with Gasteiger partial charge in [-0.1, -0.05) is 12.1 Å². The Bertz CT molecular complexity index is 492. The molecule has 0 atom stereocenters. The molecule has 0 spiro atoms. The van der Waals surface area contributed by atoms with Crippen LogP contribution < -0.4 is 4.90 Å². The van der Waals surface area contributed by atoms with E-state index in [0.29, 0.717) is 13.1 Å². The molecule has 1 heterocycles. The Hall–Kier alpha value is -1.36. The minimum absolute atomic E-state index is 0.255. The maximum atomic E-state index is 11.3. The van der Waals surface area contributed by atoms with E-state index in [4.69, 9.17) is 0 Å². The summed E-state index contributed by atoms with van der Waals surface area (Å²) >= 11 is 0. The van der Waals surface area contributed by atoms with Gasteiger partial charge in [-0.3, -0.25) is 4.99 Å². The van der Waals surface area contributed by atoms with E-state index in [9.17, 15) is 8.42 Å². The highest BCUT2D eigenvalue weighted by atomic mass is 32.2. The molecular weight excluding hydrogens is 236 g/mol. The van der Waals surface area contributed by atoms with E-state index in [2.05, 4.69) is 9.89 Å². The first kappa shape index (κ1) is 12.1. The summed E-state index contributed by atoms with van der Waals surface area (Å²) in [6.45, 7) is 1.17. The van der Waals surface area contributed by atoms with Gasteiger partial charge in [-0.15, -0.1) is 0 Å². The van der Waals surface area contributed by atoms with Crippen molar-refractivity contribution in [3.63, 3.8) is 0 Å². The van der Waals surface area contributed by atoms with Crippen LogP contribution in [0.4, 0.5) is 5.69 Å². The van der Waals surface area contributed by atoms with Crippen LogP contribution in [0.25, 0.3) is 0 Å². The maximum Gasteiger partial charge on any atom is 0.153 e. The second kappa shape index (κ2) is 4.87. The molecule has 17 heavy (non-hydrogen) atoms. The van der Waals surface area contributed by atoms with Crippen LogP contribution in [-0.4, -0.2) is 46.3 Å². The van der Waals surface area contributed by atoms with Crippen molar-refractivity contribution in [3.05, 3.63) is 29.8 Å². The van der Waals surface area contributed by atoms with Gasteiger partial charge in [0.25, 0.3) is 0 Å².